The predicted molar refractivity (Wildman–Crippen MR) is 92.2 cm³/mol. The lowest BCUT2D eigenvalue weighted by atomic mass is 10.1. The Balaban J connectivity index is 2.67. The van der Waals surface area contributed by atoms with Gasteiger partial charge in [0.1, 0.15) is 0 Å². The van der Waals surface area contributed by atoms with E-state index >= 15 is 0 Å². The second-order valence-corrected chi connectivity index (χ2v) is 11.9. The molecule has 1 rings (SSSR count). The van der Waals surface area contributed by atoms with E-state index in [0.29, 0.717) is 16.9 Å². The fourth-order valence-corrected chi connectivity index (χ4v) is 2.23. The van der Waals surface area contributed by atoms with Crippen molar-refractivity contribution in [3.8, 4) is 0 Å². The van der Waals surface area contributed by atoms with Gasteiger partial charge in [-0.1, -0.05) is 43.9 Å². The Labute approximate surface area is 137 Å². The molecule has 122 valence electrons. The van der Waals surface area contributed by atoms with Gasteiger partial charge in [-0.3, -0.25) is 10.3 Å². The molecule has 22 heavy (non-hydrogen) atoms. The maximum absolute atomic E-state index is 11.1. The Bertz CT molecular complexity index is 544. The van der Waals surface area contributed by atoms with Crippen LogP contribution in [0.25, 0.3) is 5.70 Å². The number of methoxy groups -OCH3 is 1. The molecule has 5 nitrogen and oxygen atoms in total. The second-order valence-electron chi connectivity index (χ2n) is 6.08. The van der Waals surface area contributed by atoms with Crippen molar-refractivity contribution in [3.05, 3.63) is 40.9 Å². The molecule has 0 atom stereocenters. The number of hydroxylamine groups is 1. The van der Waals surface area contributed by atoms with Gasteiger partial charge in [-0.2, -0.15) is 0 Å². The van der Waals surface area contributed by atoms with Crippen molar-refractivity contribution in [2.75, 3.05) is 13.3 Å². The van der Waals surface area contributed by atoms with Crippen molar-refractivity contribution in [1.82, 2.24) is 10.8 Å². The summed E-state index contributed by atoms with van der Waals surface area (Å²) in [6.45, 7) is 10.9. The number of hydrogen-bond donors (Lipinski definition) is 2. The standard InChI is InChI=1S/C15H23ClN2O3Si/c1-11(18-21-10-22(3,4)5)12-6-7-14(16)13(8-12)9-17-15(19)20-2/h6-8,18H,1,9-10H2,2-5H3,(H,17,19). The molecular weight excluding hydrogens is 320 g/mol. The molecule has 0 aliphatic carbocycles. The third-order valence-electron chi connectivity index (χ3n) is 2.70. The Hall–Kier alpha value is -1.50. The molecule has 7 heteroatoms. The molecule has 0 saturated heterocycles. The minimum atomic E-state index is -1.28. The first-order valence-corrected chi connectivity index (χ1v) is 11.0. The zero-order valence-corrected chi connectivity index (χ0v) is 15.2. The molecule has 2 N–H and O–H groups in total. The van der Waals surface area contributed by atoms with E-state index in [0.717, 1.165) is 11.1 Å². The summed E-state index contributed by atoms with van der Waals surface area (Å²) in [5.74, 6) is 0. The number of carbonyl (C=O) groups is 1. The van der Waals surface area contributed by atoms with E-state index in [2.05, 4.69) is 41.8 Å². The zero-order chi connectivity index (χ0) is 16.8. The highest BCUT2D eigenvalue weighted by Gasteiger charge is 2.14. The smallest absolute Gasteiger partial charge is 0.407 e. The van der Waals surface area contributed by atoms with Gasteiger partial charge in [-0.05, 0) is 23.3 Å². The van der Waals surface area contributed by atoms with E-state index < -0.39 is 14.2 Å². The number of ether oxygens (including phenoxy) is 1. The Morgan fingerprint density at radius 3 is 2.64 bits per heavy atom. The summed E-state index contributed by atoms with van der Waals surface area (Å²) >= 11 is 6.12. The van der Waals surface area contributed by atoms with Crippen LogP contribution in [-0.4, -0.2) is 27.5 Å². The summed E-state index contributed by atoms with van der Waals surface area (Å²) in [6.07, 6.45) is 0.188. The summed E-state index contributed by atoms with van der Waals surface area (Å²) in [5, 5.41) is 3.16. The van der Waals surface area contributed by atoms with Gasteiger partial charge in [0.2, 0.25) is 0 Å². The molecule has 0 bridgehead atoms. The van der Waals surface area contributed by atoms with E-state index in [9.17, 15) is 4.79 Å². The largest absolute Gasteiger partial charge is 0.453 e. The van der Waals surface area contributed by atoms with Crippen LogP contribution in [0.2, 0.25) is 24.7 Å². The molecule has 1 aromatic carbocycles. The van der Waals surface area contributed by atoms with Crippen LogP contribution in [0, 0.1) is 0 Å². The summed E-state index contributed by atoms with van der Waals surface area (Å²) < 4.78 is 4.54. The number of nitrogens with one attached hydrogen (secondary N) is 2. The Morgan fingerprint density at radius 2 is 2.05 bits per heavy atom. The summed E-state index contributed by atoms with van der Waals surface area (Å²) in [6, 6.07) is 5.46. The van der Waals surface area contributed by atoms with E-state index in [-0.39, 0.29) is 6.54 Å². The molecular formula is C15H23ClN2O3Si. The van der Waals surface area contributed by atoms with Crippen molar-refractivity contribution >= 4 is 31.5 Å². The number of alkyl carbamates (subject to hydrolysis) is 1. The van der Waals surface area contributed by atoms with Crippen LogP contribution in [0.4, 0.5) is 4.79 Å². The number of halogens is 1. The van der Waals surface area contributed by atoms with E-state index in [1.807, 2.05) is 12.1 Å². The average Bonchev–Trinajstić information content (AvgIpc) is 2.44. The number of amides is 1. The highest BCUT2D eigenvalue weighted by Crippen LogP contribution is 2.20. The van der Waals surface area contributed by atoms with Gasteiger partial charge >= 0.3 is 6.09 Å². The lowest BCUT2D eigenvalue weighted by Gasteiger charge is -2.17. The Morgan fingerprint density at radius 1 is 1.36 bits per heavy atom. The van der Waals surface area contributed by atoms with E-state index in [1.165, 1.54) is 7.11 Å². The first kappa shape index (κ1) is 18.5. The summed E-state index contributed by atoms with van der Waals surface area (Å²) in [5.41, 5.74) is 5.14. The molecule has 0 aliphatic rings. The molecule has 0 aliphatic heterocycles. The van der Waals surface area contributed by atoms with Crippen LogP contribution in [0.5, 0.6) is 0 Å². The molecule has 0 fully saturated rings. The maximum Gasteiger partial charge on any atom is 0.407 e. The normalized spacial score (nSPS) is 11.0. The van der Waals surface area contributed by atoms with Crippen LogP contribution in [0.3, 0.4) is 0 Å². The zero-order valence-electron chi connectivity index (χ0n) is 13.5. The molecule has 0 radical (unpaired) electrons. The van der Waals surface area contributed by atoms with Crippen molar-refractivity contribution in [2.24, 2.45) is 0 Å². The van der Waals surface area contributed by atoms with E-state index in [4.69, 9.17) is 16.4 Å². The minimum absolute atomic E-state index is 0.280. The Kier molecular flexibility index (Phi) is 6.92. The van der Waals surface area contributed by atoms with Crippen LogP contribution in [0.1, 0.15) is 11.1 Å². The number of hydrogen-bond acceptors (Lipinski definition) is 4. The van der Waals surface area contributed by atoms with Gasteiger partial charge in [-0.15, -0.1) is 0 Å². The van der Waals surface area contributed by atoms with Crippen molar-refractivity contribution < 1.29 is 14.4 Å². The lowest BCUT2D eigenvalue weighted by Crippen LogP contribution is -2.31. The molecule has 0 aromatic heterocycles. The van der Waals surface area contributed by atoms with Crippen LogP contribution in [-0.2, 0) is 16.1 Å². The molecule has 0 heterocycles. The van der Waals surface area contributed by atoms with E-state index in [1.54, 1.807) is 6.07 Å². The first-order chi connectivity index (χ1) is 10.2. The van der Waals surface area contributed by atoms with Gasteiger partial charge in [-0.25, -0.2) is 4.79 Å². The highest BCUT2D eigenvalue weighted by atomic mass is 35.5. The third-order valence-corrected chi connectivity index (χ3v) is 4.08. The van der Waals surface area contributed by atoms with Gasteiger partial charge in [0.05, 0.1) is 27.1 Å². The van der Waals surface area contributed by atoms with Gasteiger partial charge in [0.25, 0.3) is 0 Å². The summed E-state index contributed by atoms with van der Waals surface area (Å²) in [4.78, 5) is 16.6. The van der Waals surface area contributed by atoms with Crippen molar-refractivity contribution in [3.63, 3.8) is 0 Å². The van der Waals surface area contributed by atoms with Crippen molar-refractivity contribution in [2.45, 2.75) is 26.2 Å². The third kappa shape index (κ3) is 6.51. The molecule has 0 saturated carbocycles. The second kappa shape index (κ2) is 8.21. The monoisotopic (exact) mass is 342 g/mol. The van der Waals surface area contributed by atoms with Gasteiger partial charge < -0.3 is 10.1 Å². The lowest BCUT2D eigenvalue weighted by molar-refractivity contribution is 0.113. The number of benzene rings is 1. The van der Waals surface area contributed by atoms with Crippen molar-refractivity contribution in [1.29, 1.82) is 0 Å². The summed E-state index contributed by atoms with van der Waals surface area (Å²) in [7, 11) is 0.0318. The molecule has 0 unspecified atom stereocenters. The highest BCUT2D eigenvalue weighted by molar-refractivity contribution is 6.76. The topological polar surface area (TPSA) is 59.6 Å². The predicted octanol–water partition coefficient (Wildman–Crippen LogP) is 3.57. The minimum Gasteiger partial charge on any atom is -0.453 e. The van der Waals surface area contributed by atoms with Crippen LogP contribution >= 0.6 is 11.6 Å². The van der Waals surface area contributed by atoms with Gasteiger partial charge in [0.15, 0.2) is 0 Å². The average molecular weight is 343 g/mol. The SMILES string of the molecule is C=C(NOC[Si](C)(C)C)c1ccc(Cl)c(CNC(=O)OC)c1. The number of rotatable bonds is 7. The fraction of sp³-hybridized carbons (Fsp3) is 0.400. The van der Waals surface area contributed by atoms with Crippen LogP contribution in [0.15, 0.2) is 24.8 Å². The fourth-order valence-electron chi connectivity index (χ4n) is 1.54. The van der Waals surface area contributed by atoms with Gasteiger partial charge in [0, 0.05) is 11.6 Å². The quantitative estimate of drug-likeness (QED) is 0.587. The maximum atomic E-state index is 11.1. The van der Waals surface area contributed by atoms with Crippen LogP contribution < -0.4 is 10.8 Å². The first-order valence-electron chi connectivity index (χ1n) is 6.90. The molecule has 1 amide bonds. The molecule has 0 spiro atoms. The molecule has 1 aromatic rings. The number of carbonyl (C=O) groups excluding carboxylic acids is 1.